The van der Waals surface area contributed by atoms with Crippen LogP contribution in [-0.2, 0) is 16.1 Å². The Balaban J connectivity index is 1.08. The molecule has 6 rings (SSSR count). The number of carbonyl (C=O) groups is 1. The molecule has 1 aromatic carbocycles. The van der Waals surface area contributed by atoms with E-state index in [0.717, 1.165) is 56.5 Å². The van der Waals surface area contributed by atoms with Crippen LogP contribution < -0.4 is 4.90 Å². The topological polar surface area (TPSA) is 115 Å². The minimum absolute atomic E-state index is 0.0109. The standard InChI is InChI=1S/C27H30Cl2N4O5/c1-27(25(34)35)10-7-16(13-27)24-30-26(32-38-24)33-11-8-17(9-12-33)36-14-18-22(31-37-23(18)15-5-6-15)21-19(28)3-2-4-20(21)29/h2-4,15-17H,5-14H2,1H3,(H,34,35). The lowest BCUT2D eigenvalue weighted by molar-refractivity contribution is -0.147. The van der Waals surface area contributed by atoms with Crippen LogP contribution in [0, 0.1) is 5.41 Å². The number of benzene rings is 1. The van der Waals surface area contributed by atoms with Gasteiger partial charge in [-0.15, -0.1) is 0 Å². The van der Waals surface area contributed by atoms with Gasteiger partial charge in [0, 0.05) is 36.1 Å². The first-order chi connectivity index (χ1) is 18.3. The Kier molecular flexibility index (Phi) is 6.86. The third-order valence-corrected chi connectivity index (χ3v) is 8.82. The fourth-order valence-electron chi connectivity index (χ4n) is 5.64. The number of aromatic nitrogens is 3. The summed E-state index contributed by atoms with van der Waals surface area (Å²) in [5.74, 6) is 1.57. The molecule has 0 radical (unpaired) electrons. The van der Waals surface area contributed by atoms with Crippen molar-refractivity contribution in [3.63, 3.8) is 0 Å². The summed E-state index contributed by atoms with van der Waals surface area (Å²) in [6, 6.07) is 5.42. The second-order valence-corrected chi connectivity index (χ2v) is 11.8. The first-order valence-electron chi connectivity index (χ1n) is 13.2. The first kappa shape index (κ1) is 25.6. The first-order valence-corrected chi connectivity index (χ1v) is 13.9. The highest BCUT2D eigenvalue weighted by Gasteiger charge is 2.44. The van der Waals surface area contributed by atoms with Crippen molar-refractivity contribution in [1.82, 2.24) is 15.3 Å². The number of rotatable bonds is 8. The third kappa shape index (κ3) is 4.92. The van der Waals surface area contributed by atoms with Gasteiger partial charge in [0.1, 0.15) is 11.5 Å². The maximum absolute atomic E-state index is 11.6. The lowest BCUT2D eigenvalue weighted by atomic mass is 9.88. The quantitative estimate of drug-likeness (QED) is 0.331. The lowest BCUT2D eigenvalue weighted by Gasteiger charge is -2.30. The summed E-state index contributed by atoms with van der Waals surface area (Å²) in [5.41, 5.74) is 1.54. The van der Waals surface area contributed by atoms with E-state index >= 15 is 0 Å². The summed E-state index contributed by atoms with van der Waals surface area (Å²) in [7, 11) is 0. The van der Waals surface area contributed by atoms with Crippen LogP contribution in [0.4, 0.5) is 5.95 Å². The number of hydrogen-bond donors (Lipinski definition) is 1. The fourth-order valence-corrected chi connectivity index (χ4v) is 6.22. The highest BCUT2D eigenvalue weighted by molar-refractivity contribution is 6.39. The summed E-state index contributed by atoms with van der Waals surface area (Å²) < 4.78 is 17.7. The highest BCUT2D eigenvalue weighted by Crippen LogP contribution is 2.47. The molecule has 0 amide bonds. The van der Waals surface area contributed by atoms with Crippen molar-refractivity contribution in [3.8, 4) is 11.3 Å². The molecule has 2 aromatic heterocycles. The number of halogens is 2. The molecule has 3 aromatic rings. The van der Waals surface area contributed by atoms with Crippen LogP contribution in [0.3, 0.4) is 0 Å². The molecule has 38 heavy (non-hydrogen) atoms. The van der Waals surface area contributed by atoms with Crippen molar-refractivity contribution in [1.29, 1.82) is 0 Å². The molecular formula is C27H30Cl2N4O5. The normalized spacial score (nSPS) is 24.3. The Bertz CT molecular complexity index is 1310. The highest BCUT2D eigenvalue weighted by atomic mass is 35.5. The van der Waals surface area contributed by atoms with Crippen LogP contribution >= 0.6 is 23.2 Å². The Morgan fingerprint density at radius 2 is 1.84 bits per heavy atom. The maximum Gasteiger partial charge on any atom is 0.309 e. The van der Waals surface area contributed by atoms with Crippen LogP contribution in [0.2, 0.25) is 10.0 Å². The molecular weight excluding hydrogens is 531 g/mol. The zero-order valence-corrected chi connectivity index (χ0v) is 22.7. The number of anilines is 1. The summed E-state index contributed by atoms with van der Waals surface area (Å²) >= 11 is 13.0. The van der Waals surface area contributed by atoms with Gasteiger partial charge >= 0.3 is 5.97 Å². The second kappa shape index (κ2) is 10.2. The predicted molar refractivity (Wildman–Crippen MR) is 141 cm³/mol. The SMILES string of the molecule is CC1(C(=O)O)CCC(c2nc(N3CCC(OCc4c(-c5c(Cl)cccc5Cl)noc4C4CC4)CC3)no2)C1. The Labute approximate surface area is 230 Å². The van der Waals surface area contributed by atoms with E-state index in [2.05, 4.69) is 20.2 Å². The van der Waals surface area contributed by atoms with Crippen LogP contribution in [-0.4, -0.2) is 45.6 Å². The summed E-state index contributed by atoms with van der Waals surface area (Å²) in [5, 5.41) is 19.1. The number of piperidine rings is 1. The van der Waals surface area contributed by atoms with E-state index in [1.807, 2.05) is 6.07 Å². The van der Waals surface area contributed by atoms with E-state index in [1.54, 1.807) is 19.1 Å². The van der Waals surface area contributed by atoms with Crippen molar-refractivity contribution in [2.75, 3.05) is 18.0 Å². The van der Waals surface area contributed by atoms with E-state index in [-0.39, 0.29) is 12.0 Å². The van der Waals surface area contributed by atoms with Gasteiger partial charge in [0.05, 0.1) is 28.2 Å². The van der Waals surface area contributed by atoms with Gasteiger partial charge < -0.3 is 23.8 Å². The molecule has 2 saturated carbocycles. The molecule has 11 heteroatoms. The van der Waals surface area contributed by atoms with Gasteiger partial charge in [0.25, 0.3) is 5.95 Å². The van der Waals surface area contributed by atoms with Crippen LogP contribution in [0.5, 0.6) is 0 Å². The Morgan fingerprint density at radius 3 is 2.50 bits per heavy atom. The number of aliphatic carboxylic acids is 1. The molecule has 0 bridgehead atoms. The predicted octanol–water partition coefficient (Wildman–Crippen LogP) is 6.45. The Hall–Kier alpha value is -2.62. The lowest BCUT2D eigenvalue weighted by Crippen LogP contribution is -2.37. The molecule has 3 heterocycles. The molecule has 2 atom stereocenters. The number of nitrogens with zero attached hydrogens (tertiary/aromatic N) is 4. The number of carboxylic acids is 1. The molecule has 2 unspecified atom stereocenters. The monoisotopic (exact) mass is 560 g/mol. The van der Waals surface area contributed by atoms with Gasteiger partial charge in [-0.05, 0) is 69.2 Å². The summed E-state index contributed by atoms with van der Waals surface area (Å²) in [6.45, 7) is 3.65. The summed E-state index contributed by atoms with van der Waals surface area (Å²) in [4.78, 5) is 18.3. The largest absolute Gasteiger partial charge is 0.481 e. The third-order valence-electron chi connectivity index (χ3n) is 8.19. The average molecular weight is 561 g/mol. The van der Waals surface area contributed by atoms with Crippen molar-refractivity contribution >= 4 is 35.1 Å². The molecule has 1 aliphatic heterocycles. The van der Waals surface area contributed by atoms with Gasteiger partial charge in [-0.25, -0.2) is 0 Å². The molecule has 1 saturated heterocycles. The van der Waals surface area contributed by atoms with E-state index < -0.39 is 11.4 Å². The fraction of sp³-hybridized carbons (Fsp3) is 0.556. The molecule has 3 aliphatic rings. The van der Waals surface area contributed by atoms with Gasteiger partial charge in [-0.2, -0.15) is 4.98 Å². The second-order valence-electron chi connectivity index (χ2n) is 11.0. The zero-order chi connectivity index (χ0) is 26.4. The molecule has 1 N–H and O–H groups in total. The molecule has 0 spiro atoms. The molecule has 2 aliphatic carbocycles. The van der Waals surface area contributed by atoms with Gasteiger partial charge in [0.15, 0.2) is 0 Å². The van der Waals surface area contributed by atoms with E-state index in [0.29, 0.717) is 58.5 Å². The van der Waals surface area contributed by atoms with E-state index in [9.17, 15) is 9.90 Å². The molecule has 9 nitrogen and oxygen atoms in total. The number of ether oxygens (including phenoxy) is 1. The summed E-state index contributed by atoms with van der Waals surface area (Å²) in [6.07, 6.45) is 5.75. The van der Waals surface area contributed by atoms with Crippen LogP contribution in [0.15, 0.2) is 27.2 Å². The van der Waals surface area contributed by atoms with Crippen molar-refractivity contribution in [3.05, 3.63) is 45.5 Å². The average Bonchev–Trinajstić information content (AvgIpc) is 3.28. The number of hydrogen-bond acceptors (Lipinski definition) is 8. The van der Waals surface area contributed by atoms with Crippen molar-refractivity contribution in [2.24, 2.45) is 5.41 Å². The Morgan fingerprint density at radius 1 is 1.11 bits per heavy atom. The minimum atomic E-state index is -0.764. The van der Waals surface area contributed by atoms with Gasteiger partial charge in [-0.1, -0.05) is 34.4 Å². The van der Waals surface area contributed by atoms with Crippen molar-refractivity contribution in [2.45, 2.75) is 76.4 Å². The van der Waals surface area contributed by atoms with E-state index in [1.165, 1.54) is 0 Å². The van der Waals surface area contributed by atoms with Gasteiger partial charge in [-0.3, -0.25) is 4.79 Å². The van der Waals surface area contributed by atoms with Crippen LogP contribution in [0.25, 0.3) is 11.3 Å². The minimum Gasteiger partial charge on any atom is -0.481 e. The smallest absolute Gasteiger partial charge is 0.309 e. The zero-order valence-electron chi connectivity index (χ0n) is 21.2. The van der Waals surface area contributed by atoms with Crippen molar-refractivity contribution < 1.29 is 23.7 Å². The number of carboxylic acid groups (broad SMARTS) is 1. The molecule has 202 valence electrons. The van der Waals surface area contributed by atoms with Crippen LogP contribution in [0.1, 0.15) is 80.9 Å². The van der Waals surface area contributed by atoms with Gasteiger partial charge in [0.2, 0.25) is 5.89 Å². The van der Waals surface area contributed by atoms with E-state index in [4.69, 9.17) is 37.0 Å². The maximum atomic E-state index is 11.6. The molecule has 3 fully saturated rings.